The van der Waals surface area contributed by atoms with Crippen LogP contribution < -0.4 is 15.8 Å². The number of amides is 2. The molecule has 8 heteroatoms. The van der Waals surface area contributed by atoms with Crippen molar-refractivity contribution in [3.63, 3.8) is 0 Å². The van der Waals surface area contributed by atoms with E-state index in [1.165, 1.54) is 11.3 Å². The van der Waals surface area contributed by atoms with Crippen molar-refractivity contribution in [3.05, 3.63) is 45.9 Å². The minimum Gasteiger partial charge on any atom is -0.497 e. The van der Waals surface area contributed by atoms with Gasteiger partial charge in [-0.25, -0.2) is 4.98 Å². The molecular formula is C18H22N4O3S. The van der Waals surface area contributed by atoms with Gasteiger partial charge in [0.1, 0.15) is 17.5 Å². The van der Waals surface area contributed by atoms with E-state index in [0.29, 0.717) is 38.2 Å². The first-order chi connectivity index (χ1) is 12.6. The summed E-state index contributed by atoms with van der Waals surface area (Å²) in [6.07, 6.45) is 1.25. The Morgan fingerprint density at radius 1 is 1.42 bits per heavy atom. The monoisotopic (exact) mass is 374 g/mol. The number of hydrogen-bond donors (Lipinski definition) is 2. The van der Waals surface area contributed by atoms with E-state index >= 15 is 0 Å². The van der Waals surface area contributed by atoms with Crippen LogP contribution in [0, 0.1) is 0 Å². The number of thiazole rings is 1. The summed E-state index contributed by atoms with van der Waals surface area (Å²) in [6, 6.07) is 7.12. The van der Waals surface area contributed by atoms with Gasteiger partial charge in [-0.3, -0.25) is 9.59 Å². The Hall–Kier alpha value is -2.45. The van der Waals surface area contributed by atoms with Crippen LogP contribution in [-0.4, -0.2) is 47.9 Å². The van der Waals surface area contributed by atoms with E-state index in [1.54, 1.807) is 17.4 Å². The summed E-state index contributed by atoms with van der Waals surface area (Å²) in [7, 11) is 1.62. The van der Waals surface area contributed by atoms with Gasteiger partial charge in [0.05, 0.1) is 12.1 Å². The highest BCUT2D eigenvalue weighted by atomic mass is 32.1. The lowest BCUT2D eigenvalue weighted by Gasteiger charge is -2.17. The molecule has 0 bridgehead atoms. The predicted octanol–water partition coefficient (Wildman–Crippen LogP) is 1.18. The van der Waals surface area contributed by atoms with E-state index in [2.05, 4.69) is 10.3 Å². The van der Waals surface area contributed by atoms with Gasteiger partial charge in [0.2, 0.25) is 5.91 Å². The minimum absolute atomic E-state index is 0.0634. The number of nitrogens with zero attached hydrogens (tertiary/aromatic N) is 2. The number of carbonyl (C=O) groups excluding carboxylic acids is 2. The molecule has 1 unspecified atom stereocenters. The van der Waals surface area contributed by atoms with Crippen molar-refractivity contribution in [3.8, 4) is 5.75 Å². The number of benzene rings is 1. The number of aromatic nitrogens is 1. The van der Waals surface area contributed by atoms with Gasteiger partial charge in [0, 0.05) is 24.9 Å². The number of likely N-dealkylation sites (tertiary alicyclic amines) is 1. The lowest BCUT2D eigenvalue weighted by atomic mass is 10.2. The quantitative estimate of drug-likeness (QED) is 0.759. The van der Waals surface area contributed by atoms with E-state index < -0.39 is 6.04 Å². The number of methoxy groups -OCH3 is 1. The van der Waals surface area contributed by atoms with Crippen LogP contribution in [0.15, 0.2) is 29.6 Å². The molecule has 0 saturated carbocycles. The smallest absolute Gasteiger partial charge is 0.271 e. The van der Waals surface area contributed by atoms with Gasteiger partial charge in [-0.2, -0.15) is 0 Å². The molecule has 3 N–H and O–H groups in total. The van der Waals surface area contributed by atoms with Gasteiger partial charge < -0.3 is 20.7 Å². The van der Waals surface area contributed by atoms with Crippen LogP contribution >= 0.6 is 11.3 Å². The van der Waals surface area contributed by atoms with Gasteiger partial charge in [-0.15, -0.1) is 11.3 Å². The molecule has 1 aliphatic heterocycles. The maximum Gasteiger partial charge on any atom is 0.271 e. The predicted molar refractivity (Wildman–Crippen MR) is 99.2 cm³/mol. The van der Waals surface area contributed by atoms with Gasteiger partial charge in [0.15, 0.2) is 0 Å². The number of nitrogens with one attached hydrogen (secondary N) is 1. The molecular weight excluding hydrogens is 352 g/mol. The lowest BCUT2D eigenvalue weighted by Crippen LogP contribution is -2.41. The van der Waals surface area contributed by atoms with Crippen LogP contribution in [0.25, 0.3) is 0 Å². The summed E-state index contributed by atoms with van der Waals surface area (Å²) in [5.41, 5.74) is 6.87. The lowest BCUT2D eigenvalue weighted by molar-refractivity contribution is -0.129. The molecule has 1 aromatic heterocycles. The second-order valence-corrected chi connectivity index (χ2v) is 7.03. The van der Waals surface area contributed by atoms with Crippen molar-refractivity contribution >= 4 is 23.2 Å². The minimum atomic E-state index is -0.500. The normalized spacial score (nSPS) is 16.8. The van der Waals surface area contributed by atoms with Crippen LogP contribution in [-0.2, 0) is 17.8 Å². The zero-order valence-corrected chi connectivity index (χ0v) is 15.4. The van der Waals surface area contributed by atoms with Crippen LogP contribution in [0.4, 0.5) is 0 Å². The number of hydrogen-bond acceptors (Lipinski definition) is 6. The molecule has 1 aromatic carbocycles. The fourth-order valence-corrected chi connectivity index (χ4v) is 3.66. The van der Waals surface area contributed by atoms with E-state index in [9.17, 15) is 9.59 Å². The van der Waals surface area contributed by atoms with Crippen molar-refractivity contribution < 1.29 is 14.3 Å². The first-order valence-corrected chi connectivity index (χ1v) is 9.35. The van der Waals surface area contributed by atoms with Crippen LogP contribution in [0.1, 0.15) is 27.5 Å². The average Bonchev–Trinajstić information content (AvgIpc) is 3.25. The van der Waals surface area contributed by atoms with Crippen molar-refractivity contribution in [1.82, 2.24) is 15.2 Å². The molecule has 3 rings (SSSR count). The van der Waals surface area contributed by atoms with E-state index in [4.69, 9.17) is 10.5 Å². The summed E-state index contributed by atoms with van der Waals surface area (Å²) >= 11 is 1.41. The molecule has 26 heavy (non-hydrogen) atoms. The molecule has 2 heterocycles. The fourth-order valence-electron chi connectivity index (χ4n) is 2.87. The summed E-state index contributed by atoms with van der Waals surface area (Å²) in [6.45, 7) is 1.63. The maximum absolute atomic E-state index is 12.6. The molecule has 138 valence electrons. The second kappa shape index (κ2) is 8.29. The molecule has 1 atom stereocenters. The summed E-state index contributed by atoms with van der Waals surface area (Å²) < 4.78 is 5.14. The SMILES string of the molecule is COc1ccc(CN2CCC(NC(=O)c3csc(CCN)n3)C2=O)cc1. The Bertz CT molecular complexity index is 775. The highest BCUT2D eigenvalue weighted by Gasteiger charge is 2.33. The van der Waals surface area contributed by atoms with E-state index in [0.717, 1.165) is 16.3 Å². The van der Waals surface area contributed by atoms with E-state index in [1.807, 2.05) is 24.3 Å². The maximum atomic E-state index is 12.6. The van der Waals surface area contributed by atoms with Crippen LogP contribution in [0.2, 0.25) is 0 Å². The molecule has 1 saturated heterocycles. The Morgan fingerprint density at radius 3 is 2.88 bits per heavy atom. The summed E-state index contributed by atoms with van der Waals surface area (Å²) in [5, 5.41) is 5.33. The third-order valence-corrected chi connectivity index (χ3v) is 5.19. The van der Waals surface area contributed by atoms with Crippen molar-refractivity contribution in [2.45, 2.75) is 25.4 Å². The first-order valence-electron chi connectivity index (χ1n) is 8.47. The van der Waals surface area contributed by atoms with Gasteiger partial charge in [-0.05, 0) is 30.7 Å². The largest absolute Gasteiger partial charge is 0.497 e. The molecule has 2 aromatic rings. The Labute approximate surface area is 156 Å². The van der Waals surface area contributed by atoms with Crippen molar-refractivity contribution in [1.29, 1.82) is 0 Å². The summed E-state index contributed by atoms with van der Waals surface area (Å²) in [4.78, 5) is 30.9. The molecule has 0 radical (unpaired) electrons. The van der Waals surface area contributed by atoms with Crippen molar-refractivity contribution in [2.75, 3.05) is 20.2 Å². The highest BCUT2D eigenvalue weighted by Crippen LogP contribution is 2.18. The Kier molecular flexibility index (Phi) is 5.85. The van der Waals surface area contributed by atoms with Crippen LogP contribution in [0.5, 0.6) is 5.75 Å². The second-order valence-electron chi connectivity index (χ2n) is 6.09. The first kappa shape index (κ1) is 18.3. The zero-order valence-electron chi connectivity index (χ0n) is 14.6. The van der Waals surface area contributed by atoms with Gasteiger partial charge in [-0.1, -0.05) is 12.1 Å². The highest BCUT2D eigenvalue weighted by molar-refractivity contribution is 7.09. The standard InChI is InChI=1S/C18H22N4O3S/c1-25-13-4-2-12(3-5-13)10-22-9-7-14(18(22)24)21-17(23)15-11-26-16(20-15)6-8-19/h2-5,11,14H,6-10,19H2,1H3,(H,21,23). The van der Waals surface area contributed by atoms with Gasteiger partial charge >= 0.3 is 0 Å². The van der Waals surface area contributed by atoms with Gasteiger partial charge in [0.25, 0.3) is 5.91 Å². The molecule has 7 nitrogen and oxygen atoms in total. The molecule has 0 spiro atoms. The van der Waals surface area contributed by atoms with Crippen LogP contribution in [0.3, 0.4) is 0 Å². The van der Waals surface area contributed by atoms with Crippen molar-refractivity contribution in [2.24, 2.45) is 5.73 Å². The number of nitrogens with two attached hydrogens (primary N) is 1. The number of ether oxygens (including phenoxy) is 1. The fraction of sp³-hybridized carbons (Fsp3) is 0.389. The molecule has 1 fully saturated rings. The third kappa shape index (κ3) is 4.20. The molecule has 2 amide bonds. The summed E-state index contributed by atoms with van der Waals surface area (Å²) in [5.74, 6) is 0.407. The average molecular weight is 374 g/mol. The zero-order chi connectivity index (χ0) is 18.5. The number of rotatable bonds is 7. The topological polar surface area (TPSA) is 97.6 Å². The molecule has 1 aliphatic rings. The Morgan fingerprint density at radius 2 is 2.19 bits per heavy atom. The number of carbonyl (C=O) groups is 2. The molecule has 0 aliphatic carbocycles. The Balaban J connectivity index is 1.56. The van der Waals surface area contributed by atoms with E-state index in [-0.39, 0.29) is 11.8 Å². The third-order valence-electron chi connectivity index (χ3n) is 4.28.